The van der Waals surface area contributed by atoms with Crippen molar-refractivity contribution in [3.8, 4) is 6.07 Å². The summed E-state index contributed by atoms with van der Waals surface area (Å²) in [6.45, 7) is 5.14. The highest BCUT2D eigenvalue weighted by Gasteiger charge is 2.41. The third kappa shape index (κ3) is 4.03. The van der Waals surface area contributed by atoms with E-state index in [0.717, 1.165) is 51.0 Å². The van der Waals surface area contributed by atoms with E-state index in [1.54, 1.807) is 0 Å². The highest BCUT2D eigenvalue weighted by atomic mass is 16.2. The Morgan fingerprint density at radius 2 is 2.00 bits per heavy atom. The zero-order chi connectivity index (χ0) is 12.7. The molecule has 1 amide bonds. The van der Waals surface area contributed by atoms with Crippen LogP contribution in [0, 0.1) is 22.7 Å². The molecule has 1 fully saturated rings. The van der Waals surface area contributed by atoms with Crippen molar-refractivity contribution < 1.29 is 4.79 Å². The summed E-state index contributed by atoms with van der Waals surface area (Å²) in [4.78, 5) is 12.0. The van der Waals surface area contributed by atoms with Crippen molar-refractivity contribution in [3.63, 3.8) is 0 Å². The van der Waals surface area contributed by atoms with Crippen molar-refractivity contribution in [1.82, 2.24) is 5.32 Å². The van der Waals surface area contributed by atoms with E-state index in [-0.39, 0.29) is 5.91 Å². The predicted molar refractivity (Wildman–Crippen MR) is 68.2 cm³/mol. The van der Waals surface area contributed by atoms with Gasteiger partial charge in [0.05, 0.1) is 6.07 Å². The zero-order valence-electron chi connectivity index (χ0n) is 11.1. The van der Waals surface area contributed by atoms with Gasteiger partial charge in [-0.3, -0.25) is 4.79 Å². The Labute approximate surface area is 105 Å². The van der Waals surface area contributed by atoms with Crippen molar-refractivity contribution in [2.45, 2.75) is 58.8 Å². The molecule has 0 saturated heterocycles. The summed E-state index contributed by atoms with van der Waals surface area (Å²) in [5.41, 5.74) is -0.710. The minimum Gasteiger partial charge on any atom is -0.355 e. The molecule has 1 aliphatic carbocycles. The number of hydrogen-bond donors (Lipinski definition) is 1. The molecular weight excluding hydrogens is 212 g/mol. The van der Waals surface area contributed by atoms with Crippen LogP contribution in [0.4, 0.5) is 0 Å². The molecule has 0 heterocycles. The molecule has 0 atom stereocenters. The van der Waals surface area contributed by atoms with Crippen LogP contribution >= 0.6 is 0 Å². The summed E-state index contributed by atoms with van der Waals surface area (Å²) >= 11 is 0. The highest BCUT2D eigenvalue weighted by Crippen LogP contribution is 2.37. The molecule has 1 aliphatic rings. The van der Waals surface area contributed by atoms with E-state index in [9.17, 15) is 4.79 Å². The number of carbonyl (C=O) groups is 1. The Balaban J connectivity index is 2.23. The zero-order valence-corrected chi connectivity index (χ0v) is 11.1. The topological polar surface area (TPSA) is 52.9 Å². The van der Waals surface area contributed by atoms with E-state index < -0.39 is 5.41 Å². The maximum absolute atomic E-state index is 12.0. The predicted octanol–water partition coefficient (Wildman–Crippen LogP) is 3.01. The van der Waals surface area contributed by atoms with Crippen molar-refractivity contribution in [2.24, 2.45) is 11.3 Å². The van der Waals surface area contributed by atoms with Crippen LogP contribution in [0.15, 0.2) is 0 Å². The number of unbranched alkanes of at least 4 members (excludes halogenated alkanes) is 1. The molecule has 0 bridgehead atoms. The van der Waals surface area contributed by atoms with Gasteiger partial charge >= 0.3 is 0 Å². The van der Waals surface area contributed by atoms with Crippen LogP contribution in [0.3, 0.4) is 0 Å². The lowest BCUT2D eigenvalue weighted by atomic mass is 9.87. The first-order valence-electron chi connectivity index (χ1n) is 6.80. The summed E-state index contributed by atoms with van der Waals surface area (Å²) < 4.78 is 0. The molecule has 1 N–H and O–H groups in total. The van der Waals surface area contributed by atoms with Crippen molar-refractivity contribution in [1.29, 1.82) is 5.26 Å². The van der Waals surface area contributed by atoms with Gasteiger partial charge in [0.15, 0.2) is 0 Å². The highest BCUT2D eigenvalue weighted by molar-refractivity contribution is 5.85. The second kappa shape index (κ2) is 6.64. The molecule has 1 saturated carbocycles. The number of carbonyl (C=O) groups excluding carboxylic acids is 1. The van der Waals surface area contributed by atoms with E-state index in [4.69, 9.17) is 5.26 Å². The second-order valence-corrected chi connectivity index (χ2v) is 5.55. The molecule has 0 aliphatic heterocycles. The Bertz CT molecular complexity index is 285. The molecule has 0 aromatic rings. The first kappa shape index (κ1) is 14.0. The summed E-state index contributed by atoms with van der Waals surface area (Å²) in [5, 5.41) is 12.1. The summed E-state index contributed by atoms with van der Waals surface area (Å²) in [6, 6.07) is 2.22. The van der Waals surface area contributed by atoms with Crippen LogP contribution in [-0.4, -0.2) is 12.5 Å². The number of hydrogen-bond acceptors (Lipinski definition) is 2. The van der Waals surface area contributed by atoms with E-state index in [2.05, 4.69) is 25.2 Å². The van der Waals surface area contributed by atoms with Gasteiger partial charge in [0.25, 0.3) is 0 Å². The monoisotopic (exact) mass is 236 g/mol. The van der Waals surface area contributed by atoms with Crippen LogP contribution in [0.5, 0.6) is 0 Å². The Hall–Kier alpha value is -1.04. The molecule has 0 unspecified atom stereocenters. The van der Waals surface area contributed by atoms with Gasteiger partial charge < -0.3 is 5.32 Å². The van der Waals surface area contributed by atoms with Crippen LogP contribution in [-0.2, 0) is 4.79 Å². The van der Waals surface area contributed by atoms with Gasteiger partial charge in [-0.25, -0.2) is 0 Å². The number of nitrogens with one attached hydrogen (secondary N) is 1. The quantitative estimate of drug-likeness (QED) is 0.721. The van der Waals surface area contributed by atoms with Crippen LogP contribution in [0.2, 0.25) is 0 Å². The van der Waals surface area contributed by atoms with Crippen LogP contribution < -0.4 is 5.32 Å². The fourth-order valence-corrected chi connectivity index (χ4v) is 2.42. The minimum atomic E-state index is -0.710. The molecule has 3 heteroatoms. The maximum Gasteiger partial charge on any atom is 0.240 e. The van der Waals surface area contributed by atoms with Gasteiger partial charge in [-0.1, -0.05) is 39.5 Å². The standard InChI is InChI=1S/C14H24N2O/c1-12(2)7-3-6-10-16-13(17)14(11-15)8-4-5-9-14/h12H,3-10H2,1-2H3,(H,16,17). The Kier molecular flexibility index (Phi) is 5.47. The molecule has 0 radical (unpaired) electrons. The molecule has 1 rings (SSSR count). The molecule has 96 valence electrons. The maximum atomic E-state index is 12.0. The fraction of sp³-hybridized carbons (Fsp3) is 0.857. The summed E-state index contributed by atoms with van der Waals surface area (Å²) in [7, 11) is 0. The third-order valence-electron chi connectivity index (χ3n) is 3.60. The van der Waals surface area contributed by atoms with Gasteiger partial charge in [-0.05, 0) is 25.2 Å². The lowest BCUT2D eigenvalue weighted by Crippen LogP contribution is -2.38. The Morgan fingerprint density at radius 1 is 1.35 bits per heavy atom. The number of nitrogens with zero attached hydrogens (tertiary/aromatic N) is 1. The second-order valence-electron chi connectivity index (χ2n) is 5.55. The molecule has 3 nitrogen and oxygen atoms in total. The number of nitriles is 1. The first-order valence-corrected chi connectivity index (χ1v) is 6.80. The van der Waals surface area contributed by atoms with Crippen LogP contribution in [0.1, 0.15) is 58.8 Å². The smallest absolute Gasteiger partial charge is 0.240 e. The van der Waals surface area contributed by atoms with Gasteiger partial charge in [-0.2, -0.15) is 5.26 Å². The molecule has 0 aromatic carbocycles. The lowest BCUT2D eigenvalue weighted by molar-refractivity contribution is -0.127. The van der Waals surface area contributed by atoms with Crippen molar-refractivity contribution in [2.75, 3.05) is 6.54 Å². The lowest BCUT2D eigenvalue weighted by Gasteiger charge is -2.19. The van der Waals surface area contributed by atoms with E-state index >= 15 is 0 Å². The van der Waals surface area contributed by atoms with Gasteiger partial charge in [0, 0.05) is 6.54 Å². The van der Waals surface area contributed by atoms with E-state index in [1.165, 1.54) is 6.42 Å². The summed E-state index contributed by atoms with van der Waals surface area (Å²) in [6.07, 6.45) is 6.87. The fourth-order valence-electron chi connectivity index (χ4n) is 2.42. The van der Waals surface area contributed by atoms with Crippen LogP contribution in [0.25, 0.3) is 0 Å². The normalized spacial score (nSPS) is 18.0. The van der Waals surface area contributed by atoms with Gasteiger partial charge in [0.2, 0.25) is 5.91 Å². The first-order chi connectivity index (χ1) is 8.10. The molecule has 17 heavy (non-hydrogen) atoms. The average molecular weight is 236 g/mol. The molecule has 0 spiro atoms. The van der Waals surface area contributed by atoms with E-state index in [0.29, 0.717) is 0 Å². The SMILES string of the molecule is CC(C)CCCCNC(=O)C1(C#N)CCCC1. The van der Waals surface area contributed by atoms with Gasteiger partial charge in [0.1, 0.15) is 5.41 Å². The van der Waals surface area contributed by atoms with Crippen molar-refractivity contribution >= 4 is 5.91 Å². The van der Waals surface area contributed by atoms with Gasteiger partial charge in [-0.15, -0.1) is 0 Å². The third-order valence-corrected chi connectivity index (χ3v) is 3.60. The molecule has 0 aromatic heterocycles. The number of amides is 1. The Morgan fingerprint density at radius 3 is 2.53 bits per heavy atom. The molecular formula is C14H24N2O. The largest absolute Gasteiger partial charge is 0.355 e. The number of rotatable bonds is 6. The minimum absolute atomic E-state index is 0.0398. The summed E-state index contributed by atoms with van der Waals surface area (Å²) in [5.74, 6) is 0.688. The van der Waals surface area contributed by atoms with Crippen molar-refractivity contribution in [3.05, 3.63) is 0 Å². The van der Waals surface area contributed by atoms with E-state index in [1.807, 2.05) is 0 Å². The average Bonchev–Trinajstić information content (AvgIpc) is 2.77.